The summed E-state index contributed by atoms with van der Waals surface area (Å²) in [6.45, 7) is 7.04. The maximum atomic E-state index is 4.47. The molecule has 0 aliphatic heterocycles. The number of hydrogen-bond donors (Lipinski definition) is 2. The summed E-state index contributed by atoms with van der Waals surface area (Å²) >= 11 is 0. The highest BCUT2D eigenvalue weighted by atomic mass is 15.3. The van der Waals surface area contributed by atoms with E-state index in [0.717, 1.165) is 43.6 Å². The van der Waals surface area contributed by atoms with Gasteiger partial charge in [0.05, 0.1) is 5.69 Å². The van der Waals surface area contributed by atoms with Gasteiger partial charge in [-0.1, -0.05) is 12.8 Å². The van der Waals surface area contributed by atoms with Crippen molar-refractivity contribution in [2.45, 2.75) is 46.1 Å². The number of aromatic nitrogens is 2. The predicted molar refractivity (Wildman–Crippen MR) is 83.0 cm³/mol. The van der Waals surface area contributed by atoms with Crippen molar-refractivity contribution in [1.82, 2.24) is 20.4 Å². The Balaban J connectivity index is 1.59. The van der Waals surface area contributed by atoms with E-state index in [1.807, 2.05) is 14.0 Å². The molecule has 5 heteroatoms. The highest BCUT2D eigenvalue weighted by molar-refractivity contribution is 5.79. The van der Waals surface area contributed by atoms with Crippen molar-refractivity contribution in [2.24, 2.45) is 10.9 Å². The zero-order valence-corrected chi connectivity index (χ0v) is 12.9. The third-order valence-corrected chi connectivity index (χ3v) is 3.71. The first kappa shape index (κ1) is 14.9. The quantitative estimate of drug-likeness (QED) is 0.454. The first-order valence-corrected chi connectivity index (χ1v) is 7.64. The molecule has 112 valence electrons. The molecular weight excluding hydrogens is 250 g/mol. The summed E-state index contributed by atoms with van der Waals surface area (Å²) in [7, 11) is 1.83. The monoisotopic (exact) mass is 277 g/mol. The van der Waals surface area contributed by atoms with E-state index in [1.54, 1.807) is 0 Å². The Hall–Kier alpha value is -1.52. The molecule has 0 saturated heterocycles. The van der Waals surface area contributed by atoms with Crippen molar-refractivity contribution < 1.29 is 0 Å². The molecule has 1 saturated carbocycles. The Morgan fingerprint density at radius 2 is 2.10 bits per heavy atom. The number of rotatable bonds is 7. The molecule has 2 rings (SSSR count). The van der Waals surface area contributed by atoms with Crippen molar-refractivity contribution in [2.75, 3.05) is 20.1 Å². The molecule has 1 aliphatic rings. The van der Waals surface area contributed by atoms with Gasteiger partial charge in [0.1, 0.15) is 0 Å². The molecule has 2 N–H and O–H groups in total. The van der Waals surface area contributed by atoms with Gasteiger partial charge in [-0.05, 0) is 38.7 Å². The SMILES string of the molecule is CN=C(NCCCn1nc(C)cc1C)NCCC1CC1. The van der Waals surface area contributed by atoms with Gasteiger partial charge in [-0.3, -0.25) is 9.67 Å². The third kappa shape index (κ3) is 4.87. The van der Waals surface area contributed by atoms with Crippen molar-refractivity contribution >= 4 is 5.96 Å². The number of aliphatic imine (C=N–C) groups is 1. The zero-order chi connectivity index (χ0) is 14.4. The summed E-state index contributed by atoms with van der Waals surface area (Å²) in [6, 6.07) is 2.12. The van der Waals surface area contributed by atoms with Crippen LogP contribution in [0.1, 0.15) is 37.1 Å². The van der Waals surface area contributed by atoms with Crippen LogP contribution in [0.4, 0.5) is 0 Å². The second kappa shape index (κ2) is 7.31. The van der Waals surface area contributed by atoms with Crippen LogP contribution in [0.2, 0.25) is 0 Å². The lowest BCUT2D eigenvalue weighted by Crippen LogP contribution is -2.38. The van der Waals surface area contributed by atoms with Crippen molar-refractivity contribution in [3.05, 3.63) is 17.5 Å². The fourth-order valence-corrected chi connectivity index (χ4v) is 2.36. The van der Waals surface area contributed by atoms with Crippen LogP contribution in [0.5, 0.6) is 0 Å². The van der Waals surface area contributed by atoms with E-state index in [4.69, 9.17) is 0 Å². The van der Waals surface area contributed by atoms with Gasteiger partial charge in [0.25, 0.3) is 0 Å². The van der Waals surface area contributed by atoms with Crippen LogP contribution >= 0.6 is 0 Å². The average molecular weight is 277 g/mol. The molecule has 0 amide bonds. The van der Waals surface area contributed by atoms with Gasteiger partial charge in [-0.2, -0.15) is 5.10 Å². The Morgan fingerprint density at radius 1 is 1.35 bits per heavy atom. The van der Waals surface area contributed by atoms with Crippen molar-refractivity contribution in [3.8, 4) is 0 Å². The maximum Gasteiger partial charge on any atom is 0.190 e. The molecule has 0 atom stereocenters. The van der Waals surface area contributed by atoms with Crippen molar-refractivity contribution in [3.63, 3.8) is 0 Å². The second-order valence-corrected chi connectivity index (χ2v) is 5.66. The zero-order valence-electron chi connectivity index (χ0n) is 12.9. The Bertz CT molecular complexity index is 445. The predicted octanol–water partition coefficient (Wildman–Crippen LogP) is 1.86. The van der Waals surface area contributed by atoms with Gasteiger partial charge in [0.15, 0.2) is 5.96 Å². The van der Waals surface area contributed by atoms with E-state index < -0.39 is 0 Å². The highest BCUT2D eigenvalue weighted by Gasteiger charge is 2.20. The van der Waals surface area contributed by atoms with Crippen LogP contribution in [0, 0.1) is 19.8 Å². The van der Waals surface area contributed by atoms with E-state index in [1.165, 1.54) is 25.0 Å². The Kier molecular flexibility index (Phi) is 5.44. The molecular formula is C15H27N5. The van der Waals surface area contributed by atoms with Crippen LogP contribution in [-0.2, 0) is 6.54 Å². The number of aryl methyl sites for hydroxylation is 3. The summed E-state index contributed by atoms with van der Waals surface area (Å²) in [4.78, 5) is 4.24. The van der Waals surface area contributed by atoms with Crippen LogP contribution in [0.3, 0.4) is 0 Å². The van der Waals surface area contributed by atoms with E-state index in [-0.39, 0.29) is 0 Å². The fourth-order valence-electron chi connectivity index (χ4n) is 2.36. The average Bonchev–Trinajstić information content (AvgIpc) is 3.18. The lowest BCUT2D eigenvalue weighted by Gasteiger charge is -2.12. The molecule has 1 aromatic heterocycles. The van der Waals surface area contributed by atoms with E-state index in [9.17, 15) is 0 Å². The standard InChI is InChI=1S/C15H27N5/c1-12-11-13(2)20(19-12)10-4-8-17-15(16-3)18-9-7-14-5-6-14/h11,14H,4-10H2,1-3H3,(H2,16,17,18). The summed E-state index contributed by atoms with van der Waals surface area (Å²) < 4.78 is 2.07. The summed E-state index contributed by atoms with van der Waals surface area (Å²) in [5.41, 5.74) is 2.32. The largest absolute Gasteiger partial charge is 0.356 e. The lowest BCUT2D eigenvalue weighted by atomic mass is 10.3. The molecule has 0 bridgehead atoms. The third-order valence-electron chi connectivity index (χ3n) is 3.71. The van der Waals surface area contributed by atoms with Gasteiger partial charge in [-0.15, -0.1) is 0 Å². The first-order chi connectivity index (χ1) is 9.69. The van der Waals surface area contributed by atoms with E-state index >= 15 is 0 Å². The number of nitrogens with zero attached hydrogens (tertiary/aromatic N) is 3. The first-order valence-electron chi connectivity index (χ1n) is 7.64. The smallest absolute Gasteiger partial charge is 0.190 e. The number of guanidine groups is 1. The number of hydrogen-bond acceptors (Lipinski definition) is 2. The van der Waals surface area contributed by atoms with Gasteiger partial charge in [-0.25, -0.2) is 0 Å². The maximum absolute atomic E-state index is 4.47. The molecule has 0 aromatic carbocycles. The summed E-state index contributed by atoms with van der Waals surface area (Å²) in [6.07, 6.45) is 5.14. The summed E-state index contributed by atoms with van der Waals surface area (Å²) in [5, 5.41) is 11.2. The van der Waals surface area contributed by atoms with E-state index in [0.29, 0.717) is 0 Å². The van der Waals surface area contributed by atoms with Gasteiger partial charge >= 0.3 is 0 Å². The van der Waals surface area contributed by atoms with Crippen LogP contribution < -0.4 is 10.6 Å². The van der Waals surface area contributed by atoms with Gasteiger partial charge < -0.3 is 10.6 Å². The number of nitrogens with one attached hydrogen (secondary N) is 2. The Labute approximate surface area is 121 Å². The van der Waals surface area contributed by atoms with Crippen LogP contribution in [-0.4, -0.2) is 35.9 Å². The molecule has 5 nitrogen and oxygen atoms in total. The molecule has 1 aromatic rings. The normalized spacial score (nSPS) is 15.4. The molecule has 20 heavy (non-hydrogen) atoms. The van der Waals surface area contributed by atoms with Gasteiger partial charge in [0, 0.05) is 32.4 Å². The topological polar surface area (TPSA) is 54.2 Å². The minimum Gasteiger partial charge on any atom is -0.356 e. The van der Waals surface area contributed by atoms with Crippen molar-refractivity contribution in [1.29, 1.82) is 0 Å². The summed E-state index contributed by atoms with van der Waals surface area (Å²) in [5.74, 6) is 1.88. The highest BCUT2D eigenvalue weighted by Crippen LogP contribution is 2.31. The fraction of sp³-hybridized carbons (Fsp3) is 0.733. The van der Waals surface area contributed by atoms with E-state index in [2.05, 4.69) is 38.4 Å². The Morgan fingerprint density at radius 3 is 2.70 bits per heavy atom. The minimum atomic E-state index is 0.916. The van der Waals surface area contributed by atoms with Gasteiger partial charge in [0.2, 0.25) is 0 Å². The lowest BCUT2D eigenvalue weighted by molar-refractivity contribution is 0.554. The molecule has 1 aliphatic carbocycles. The molecule has 0 radical (unpaired) electrons. The van der Waals surface area contributed by atoms with Crippen LogP contribution in [0.25, 0.3) is 0 Å². The molecule has 0 unspecified atom stereocenters. The molecule has 1 heterocycles. The second-order valence-electron chi connectivity index (χ2n) is 5.66. The minimum absolute atomic E-state index is 0.916. The van der Waals surface area contributed by atoms with Crippen LogP contribution in [0.15, 0.2) is 11.1 Å². The molecule has 1 fully saturated rings. The molecule has 0 spiro atoms.